The SMILES string of the molecule is Cc1noc(C)c1S(=O)(=O)NCCc1nccs1. The highest BCUT2D eigenvalue weighted by atomic mass is 32.2. The molecule has 1 N–H and O–H groups in total. The van der Waals surface area contributed by atoms with Crippen molar-refractivity contribution in [3.05, 3.63) is 28.0 Å². The van der Waals surface area contributed by atoms with Gasteiger partial charge in [0.05, 0.1) is 5.01 Å². The first-order chi connectivity index (χ1) is 8.50. The van der Waals surface area contributed by atoms with Gasteiger partial charge in [-0.05, 0) is 13.8 Å². The topological polar surface area (TPSA) is 85.1 Å². The van der Waals surface area contributed by atoms with Crippen LogP contribution in [0.5, 0.6) is 0 Å². The summed E-state index contributed by atoms with van der Waals surface area (Å²) < 4.78 is 31.4. The van der Waals surface area contributed by atoms with Crippen molar-refractivity contribution in [3.63, 3.8) is 0 Å². The number of aromatic nitrogens is 2. The van der Waals surface area contributed by atoms with Crippen molar-refractivity contribution in [2.75, 3.05) is 6.54 Å². The molecule has 0 saturated heterocycles. The average Bonchev–Trinajstić information content (AvgIpc) is 2.89. The van der Waals surface area contributed by atoms with E-state index in [-0.39, 0.29) is 4.90 Å². The van der Waals surface area contributed by atoms with Crippen molar-refractivity contribution < 1.29 is 12.9 Å². The summed E-state index contributed by atoms with van der Waals surface area (Å²) in [7, 11) is -3.56. The van der Waals surface area contributed by atoms with Crippen LogP contribution < -0.4 is 4.72 Å². The van der Waals surface area contributed by atoms with Crippen LogP contribution in [0.1, 0.15) is 16.5 Å². The maximum atomic E-state index is 12.0. The first kappa shape index (κ1) is 13.2. The van der Waals surface area contributed by atoms with Crippen molar-refractivity contribution in [1.29, 1.82) is 0 Å². The molecule has 0 fully saturated rings. The molecule has 98 valence electrons. The number of aryl methyl sites for hydroxylation is 2. The highest BCUT2D eigenvalue weighted by Gasteiger charge is 2.23. The van der Waals surface area contributed by atoms with Gasteiger partial charge >= 0.3 is 0 Å². The molecular weight excluding hydrogens is 274 g/mol. The fourth-order valence-corrected chi connectivity index (χ4v) is 3.58. The summed E-state index contributed by atoms with van der Waals surface area (Å²) in [5, 5.41) is 6.39. The summed E-state index contributed by atoms with van der Waals surface area (Å²) in [6, 6.07) is 0. The van der Waals surface area contributed by atoms with Crippen LogP contribution in [0.15, 0.2) is 21.0 Å². The van der Waals surface area contributed by atoms with Gasteiger partial charge in [-0.3, -0.25) is 0 Å². The molecule has 0 spiro atoms. The molecule has 8 heteroatoms. The average molecular weight is 287 g/mol. The van der Waals surface area contributed by atoms with Gasteiger partial charge in [-0.25, -0.2) is 18.1 Å². The van der Waals surface area contributed by atoms with Gasteiger partial charge in [-0.15, -0.1) is 11.3 Å². The van der Waals surface area contributed by atoms with Crippen LogP contribution in [-0.4, -0.2) is 25.1 Å². The highest BCUT2D eigenvalue weighted by molar-refractivity contribution is 7.89. The molecule has 2 heterocycles. The lowest BCUT2D eigenvalue weighted by Crippen LogP contribution is -2.26. The van der Waals surface area contributed by atoms with Crippen molar-refractivity contribution in [2.24, 2.45) is 0 Å². The normalized spacial score (nSPS) is 11.9. The molecule has 0 aliphatic rings. The first-order valence-electron chi connectivity index (χ1n) is 5.31. The van der Waals surface area contributed by atoms with Crippen LogP contribution >= 0.6 is 11.3 Å². The second kappa shape index (κ2) is 5.17. The second-order valence-corrected chi connectivity index (χ2v) is 6.41. The lowest BCUT2D eigenvalue weighted by molar-refractivity contribution is 0.390. The first-order valence-corrected chi connectivity index (χ1v) is 7.68. The zero-order valence-corrected chi connectivity index (χ0v) is 11.6. The molecule has 0 radical (unpaired) electrons. The molecule has 0 aliphatic heterocycles. The summed E-state index contributed by atoms with van der Waals surface area (Å²) in [5.74, 6) is 0.300. The molecule has 6 nitrogen and oxygen atoms in total. The monoisotopic (exact) mass is 287 g/mol. The van der Waals surface area contributed by atoms with E-state index in [1.165, 1.54) is 11.3 Å². The van der Waals surface area contributed by atoms with Crippen LogP contribution in [-0.2, 0) is 16.4 Å². The lowest BCUT2D eigenvalue weighted by atomic mass is 10.4. The Kier molecular flexibility index (Phi) is 3.79. The maximum absolute atomic E-state index is 12.0. The summed E-state index contributed by atoms with van der Waals surface area (Å²) in [5.41, 5.74) is 0.370. The summed E-state index contributed by atoms with van der Waals surface area (Å²) >= 11 is 1.50. The predicted octanol–water partition coefficient (Wildman–Crippen LogP) is 1.27. The Labute approximate surface area is 109 Å². The van der Waals surface area contributed by atoms with E-state index < -0.39 is 10.0 Å². The van der Waals surface area contributed by atoms with Crippen LogP contribution in [0.4, 0.5) is 0 Å². The van der Waals surface area contributed by atoms with Gasteiger partial charge in [0, 0.05) is 24.5 Å². The fraction of sp³-hybridized carbons (Fsp3) is 0.400. The predicted molar refractivity (Wildman–Crippen MR) is 67.0 cm³/mol. The summed E-state index contributed by atoms with van der Waals surface area (Å²) in [6.07, 6.45) is 2.27. The number of hydrogen-bond acceptors (Lipinski definition) is 6. The van der Waals surface area contributed by atoms with Gasteiger partial charge < -0.3 is 4.52 Å². The summed E-state index contributed by atoms with van der Waals surface area (Å²) in [4.78, 5) is 4.21. The molecule has 0 aromatic carbocycles. The van der Waals surface area contributed by atoms with Crippen molar-refractivity contribution in [1.82, 2.24) is 14.9 Å². The lowest BCUT2D eigenvalue weighted by Gasteiger charge is -2.04. The number of thiazole rings is 1. The maximum Gasteiger partial charge on any atom is 0.245 e. The molecular formula is C10H13N3O3S2. The molecule has 0 saturated carbocycles. The Morgan fingerprint density at radius 3 is 2.78 bits per heavy atom. The standard InChI is InChI=1S/C10H13N3O3S2/c1-7-10(8(2)16-13-7)18(14,15)12-4-3-9-11-5-6-17-9/h5-6,12H,3-4H2,1-2H3. The fourth-order valence-electron chi connectivity index (χ4n) is 1.60. The minimum atomic E-state index is -3.56. The Morgan fingerprint density at radius 2 is 2.22 bits per heavy atom. The third kappa shape index (κ3) is 2.77. The minimum Gasteiger partial charge on any atom is -0.360 e. The largest absolute Gasteiger partial charge is 0.360 e. The molecule has 0 aliphatic carbocycles. The molecule has 18 heavy (non-hydrogen) atoms. The zero-order chi connectivity index (χ0) is 13.2. The van der Waals surface area contributed by atoms with Crippen LogP contribution in [0.3, 0.4) is 0 Å². The van der Waals surface area contributed by atoms with Crippen molar-refractivity contribution in [3.8, 4) is 0 Å². The highest BCUT2D eigenvalue weighted by Crippen LogP contribution is 2.18. The van der Waals surface area contributed by atoms with E-state index in [1.54, 1.807) is 20.0 Å². The number of rotatable bonds is 5. The Bertz CT molecular complexity index is 597. The molecule has 0 unspecified atom stereocenters. The van der Waals surface area contributed by atoms with Crippen LogP contribution in [0.25, 0.3) is 0 Å². The molecule has 2 aromatic rings. The number of nitrogens with one attached hydrogen (secondary N) is 1. The van der Waals surface area contributed by atoms with Gasteiger partial charge in [0.2, 0.25) is 10.0 Å². The van der Waals surface area contributed by atoms with Crippen molar-refractivity contribution in [2.45, 2.75) is 25.2 Å². The van der Waals surface area contributed by atoms with E-state index >= 15 is 0 Å². The van der Waals surface area contributed by atoms with Gasteiger partial charge in [-0.1, -0.05) is 5.16 Å². The Morgan fingerprint density at radius 1 is 1.44 bits per heavy atom. The Balaban J connectivity index is 2.04. The second-order valence-electron chi connectivity index (χ2n) is 3.73. The molecule has 0 bridgehead atoms. The zero-order valence-electron chi connectivity index (χ0n) is 10.0. The van der Waals surface area contributed by atoms with Gasteiger partial charge in [0.1, 0.15) is 10.6 Å². The van der Waals surface area contributed by atoms with Gasteiger partial charge in [0.15, 0.2) is 5.76 Å². The summed E-state index contributed by atoms with van der Waals surface area (Å²) in [6.45, 7) is 3.49. The Hall–Kier alpha value is -1.25. The van der Waals surface area contributed by atoms with E-state index in [9.17, 15) is 8.42 Å². The van der Waals surface area contributed by atoms with Crippen molar-refractivity contribution >= 4 is 21.4 Å². The van der Waals surface area contributed by atoms with Crippen LogP contribution in [0, 0.1) is 13.8 Å². The number of hydrogen-bond donors (Lipinski definition) is 1. The number of sulfonamides is 1. The van der Waals surface area contributed by atoms with E-state index in [0.717, 1.165) is 5.01 Å². The smallest absolute Gasteiger partial charge is 0.245 e. The minimum absolute atomic E-state index is 0.127. The molecule has 2 aromatic heterocycles. The van der Waals surface area contributed by atoms with E-state index in [0.29, 0.717) is 24.4 Å². The third-order valence-corrected chi connectivity index (χ3v) is 4.89. The van der Waals surface area contributed by atoms with Crippen LogP contribution in [0.2, 0.25) is 0 Å². The quantitative estimate of drug-likeness (QED) is 0.895. The van der Waals surface area contributed by atoms with E-state index in [1.807, 2.05) is 5.38 Å². The third-order valence-electron chi connectivity index (χ3n) is 2.35. The van der Waals surface area contributed by atoms with E-state index in [2.05, 4.69) is 14.9 Å². The molecule has 0 amide bonds. The number of nitrogens with zero attached hydrogens (tertiary/aromatic N) is 2. The molecule has 2 rings (SSSR count). The molecule has 0 atom stereocenters. The van der Waals surface area contributed by atoms with E-state index in [4.69, 9.17) is 4.52 Å². The van der Waals surface area contributed by atoms with Gasteiger partial charge in [-0.2, -0.15) is 0 Å². The van der Waals surface area contributed by atoms with Gasteiger partial charge in [0.25, 0.3) is 0 Å².